The Hall–Kier alpha value is -2.59. The average Bonchev–Trinajstić information content (AvgIpc) is 3.02. The van der Waals surface area contributed by atoms with Gasteiger partial charge < -0.3 is 10.1 Å². The van der Waals surface area contributed by atoms with Crippen LogP contribution in [0, 0.1) is 0 Å². The maximum atomic E-state index is 12.7. The molecule has 5 heteroatoms. The van der Waals surface area contributed by atoms with Crippen LogP contribution in [0.25, 0.3) is 0 Å². The van der Waals surface area contributed by atoms with Crippen LogP contribution in [0.5, 0.6) is 0 Å². The van der Waals surface area contributed by atoms with E-state index in [1.807, 2.05) is 36.4 Å². The lowest BCUT2D eigenvalue weighted by Crippen LogP contribution is -2.44. The third kappa shape index (κ3) is 2.21. The van der Waals surface area contributed by atoms with Crippen LogP contribution in [0.15, 0.2) is 59.8 Å². The molecular formula is C20H16ClNO3. The molecule has 2 aliphatic rings. The number of ether oxygens (including phenoxy) is 1. The molecule has 0 bridgehead atoms. The van der Waals surface area contributed by atoms with Gasteiger partial charge in [0.2, 0.25) is 0 Å². The van der Waals surface area contributed by atoms with Gasteiger partial charge >= 0.3 is 5.97 Å². The van der Waals surface area contributed by atoms with Crippen LogP contribution in [-0.4, -0.2) is 19.0 Å². The van der Waals surface area contributed by atoms with Crippen molar-refractivity contribution < 1.29 is 14.3 Å². The zero-order chi connectivity index (χ0) is 17.6. The Morgan fingerprint density at radius 1 is 1.20 bits per heavy atom. The van der Waals surface area contributed by atoms with E-state index < -0.39 is 11.4 Å². The van der Waals surface area contributed by atoms with Crippen molar-refractivity contribution >= 4 is 23.5 Å². The number of fused-ring (bicyclic) bond motifs is 3. The highest BCUT2D eigenvalue weighted by atomic mass is 35.5. The van der Waals surface area contributed by atoms with Gasteiger partial charge in [0.25, 0.3) is 5.91 Å². The van der Waals surface area contributed by atoms with E-state index in [9.17, 15) is 9.59 Å². The minimum absolute atomic E-state index is 0.248. The summed E-state index contributed by atoms with van der Waals surface area (Å²) in [5, 5.41) is 3.46. The fourth-order valence-corrected chi connectivity index (χ4v) is 4.20. The first kappa shape index (κ1) is 15.9. The second kappa shape index (κ2) is 5.74. The number of carbonyl (C=O) groups excluding carboxylic acids is 2. The minimum atomic E-state index is -0.571. The van der Waals surface area contributed by atoms with Crippen LogP contribution in [0.4, 0.5) is 0 Å². The first-order chi connectivity index (χ1) is 12.1. The molecule has 4 rings (SSSR count). The number of benzene rings is 2. The van der Waals surface area contributed by atoms with Crippen molar-refractivity contribution in [2.45, 2.75) is 18.3 Å². The molecule has 1 amide bonds. The summed E-state index contributed by atoms with van der Waals surface area (Å²) in [5.41, 5.74) is 3.05. The molecule has 2 aromatic carbocycles. The van der Waals surface area contributed by atoms with E-state index in [0.29, 0.717) is 34.7 Å². The van der Waals surface area contributed by atoms with E-state index in [-0.39, 0.29) is 5.91 Å². The summed E-state index contributed by atoms with van der Waals surface area (Å²) < 4.78 is 4.94. The number of halogens is 1. The summed E-state index contributed by atoms with van der Waals surface area (Å²) in [6, 6.07) is 15.3. The normalized spacial score (nSPS) is 21.4. The Morgan fingerprint density at radius 3 is 2.68 bits per heavy atom. The van der Waals surface area contributed by atoms with Gasteiger partial charge in [-0.25, -0.2) is 4.79 Å². The fourth-order valence-electron chi connectivity index (χ4n) is 4.02. The van der Waals surface area contributed by atoms with Crippen LogP contribution in [0.2, 0.25) is 5.02 Å². The number of allylic oxidation sites excluding steroid dienone is 1. The first-order valence-electron chi connectivity index (χ1n) is 8.07. The highest BCUT2D eigenvalue weighted by Crippen LogP contribution is 2.52. The third-order valence-electron chi connectivity index (χ3n) is 5.10. The summed E-state index contributed by atoms with van der Waals surface area (Å²) in [6.45, 7) is 0. The summed E-state index contributed by atoms with van der Waals surface area (Å²) in [6.07, 6.45) is 1.23. The van der Waals surface area contributed by atoms with E-state index >= 15 is 0 Å². The molecule has 0 fully saturated rings. The van der Waals surface area contributed by atoms with Crippen molar-refractivity contribution in [2.24, 2.45) is 0 Å². The number of nitrogens with one attached hydrogen (secondary N) is 1. The van der Waals surface area contributed by atoms with E-state index in [1.165, 1.54) is 7.11 Å². The van der Waals surface area contributed by atoms with Gasteiger partial charge in [0, 0.05) is 16.3 Å². The summed E-state index contributed by atoms with van der Waals surface area (Å²) in [4.78, 5) is 24.9. The molecule has 126 valence electrons. The molecule has 1 aliphatic heterocycles. The number of hydrogen-bond donors (Lipinski definition) is 1. The largest absolute Gasteiger partial charge is 0.466 e. The lowest BCUT2D eigenvalue weighted by Gasteiger charge is -2.39. The number of rotatable bonds is 2. The van der Waals surface area contributed by atoms with E-state index in [1.54, 1.807) is 12.1 Å². The minimum Gasteiger partial charge on any atom is -0.466 e. The number of amides is 1. The van der Waals surface area contributed by atoms with Gasteiger partial charge in [-0.05, 0) is 36.1 Å². The van der Waals surface area contributed by atoms with Crippen LogP contribution >= 0.6 is 11.6 Å². The molecule has 1 unspecified atom stereocenters. The number of hydrogen-bond acceptors (Lipinski definition) is 3. The monoisotopic (exact) mass is 353 g/mol. The zero-order valence-electron chi connectivity index (χ0n) is 13.6. The highest BCUT2D eigenvalue weighted by Gasteiger charge is 2.50. The van der Waals surface area contributed by atoms with Crippen LogP contribution in [-0.2, 0) is 14.9 Å². The summed E-state index contributed by atoms with van der Waals surface area (Å²) in [5.74, 6) is -0.645. The quantitative estimate of drug-likeness (QED) is 0.839. The molecule has 4 nitrogen and oxygen atoms in total. The van der Waals surface area contributed by atoms with Crippen molar-refractivity contribution in [3.63, 3.8) is 0 Å². The van der Waals surface area contributed by atoms with Crippen LogP contribution in [0.1, 0.15) is 34.3 Å². The Labute approximate surface area is 150 Å². The van der Waals surface area contributed by atoms with Crippen molar-refractivity contribution in [3.8, 4) is 0 Å². The van der Waals surface area contributed by atoms with Gasteiger partial charge in [-0.1, -0.05) is 48.0 Å². The molecule has 25 heavy (non-hydrogen) atoms. The Bertz CT molecular complexity index is 920. The smallest absolute Gasteiger partial charge is 0.335 e. The molecule has 1 heterocycles. The van der Waals surface area contributed by atoms with Gasteiger partial charge in [0.15, 0.2) is 0 Å². The van der Waals surface area contributed by atoms with E-state index in [4.69, 9.17) is 16.3 Å². The predicted molar refractivity (Wildman–Crippen MR) is 94.4 cm³/mol. The van der Waals surface area contributed by atoms with Gasteiger partial charge in [0.1, 0.15) is 0 Å². The standard InChI is InChI=1S/C20H16ClNO3/c1-25-19(24)14-9-10-20(12-5-3-2-4-6-12)16-8-7-13(21)11-15(16)18(23)22-17(14)20/h2-8,11H,9-10H2,1H3,(H,22,23). The molecule has 1 N–H and O–H groups in total. The van der Waals surface area contributed by atoms with Crippen molar-refractivity contribution in [1.82, 2.24) is 5.32 Å². The van der Waals surface area contributed by atoms with Crippen molar-refractivity contribution in [2.75, 3.05) is 7.11 Å². The van der Waals surface area contributed by atoms with Gasteiger partial charge in [-0.15, -0.1) is 0 Å². The summed E-state index contributed by atoms with van der Waals surface area (Å²) >= 11 is 6.11. The fraction of sp³-hybridized carbons (Fsp3) is 0.200. The molecule has 1 aliphatic carbocycles. The van der Waals surface area contributed by atoms with Gasteiger partial charge in [0.05, 0.1) is 18.1 Å². The van der Waals surface area contributed by atoms with Crippen LogP contribution in [0.3, 0.4) is 0 Å². The average molecular weight is 354 g/mol. The Balaban J connectivity index is 2.05. The van der Waals surface area contributed by atoms with E-state index in [0.717, 1.165) is 11.1 Å². The van der Waals surface area contributed by atoms with Gasteiger partial charge in [-0.2, -0.15) is 0 Å². The maximum Gasteiger partial charge on any atom is 0.335 e. The second-order valence-electron chi connectivity index (χ2n) is 6.26. The SMILES string of the molecule is COC(=O)C1=C2NC(=O)c3cc(Cl)ccc3C2(c2ccccc2)CC1. The lowest BCUT2D eigenvalue weighted by atomic mass is 9.68. The van der Waals surface area contributed by atoms with Crippen molar-refractivity contribution in [1.29, 1.82) is 0 Å². The molecule has 0 spiro atoms. The molecule has 0 aromatic heterocycles. The molecule has 0 saturated heterocycles. The lowest BCUT2D eigenvalue weighted by molar-refractivity contribution is -0.136. The molecule has 1 atom stereocenters. The predicted octanol–water partition coefficient (Wildman–Crippen LogP) is 3.59. The third-order valence-corrected chi connectivity index (χ3v) is 5.34. The Morgan fingerprint density at radius 2 is 1.96 bits per heavy atom. The van der Waals surface area contributed by atoms with E-state index in [2.05, 4.69) is 5.32 Å². The number of esters is 1. The maximum absolute atomic E-state index is 12.7. The van der Waals surface area contributed by atoms with Gasteiger partial charge in [-0.3, -0.25) is 4.79 Å². The Kier molecular flexibility index (Phi) is 3.65. The molecule has 0 radical (unpaired) electrons. The molecule has 2 aromatic rings. The highest BCUT2D eigenvalue weighted by molar-refractivity contribution is 6.31. The van der Waals surface area contributed by atoms with Crippen LogP contribution < -0.4 is 5.32 Å². The number of carbonyl (C=O) groups is 2. The topological polar surface area (TPSA) is 55.4 Å². The zero-order valence-corrected chi connectivity index (χ0v) is 14.4. The first-order valence-corrected chi connectivity index (χ1v) is 8.44. The molecule has 0 saturated carbocycles. The van der Waals surface area contributed by atoms with Crippen molar-refractivity contribution in [3.05, 3.63) is 81.5 Å². The number of methoxy groups -OCH3 is 1. The molecular weight excluding hydrogens is 338 g/mol. The second-order valence-corrected chi connectivity index (χ2v) is 6.70. The summed E-state index contributed by atoms with van der Waals surface area (Å²) in [7, 11) is 1.36.